The zero-order chi connectivity index (χ0) is 23.9. The third kappa shape index (κ3) is 4.31. The van der Waals surface area contributed by atoms with Crippen LogP contribution < -0.4 is 0 Å². The minimum absolute atomic E-state index is 0.0240. The molecule has 0 amide bonds. The number of fused-ring (bicyclic) bond motifs is 2. The summed E-state index contributed by atoms with van der Waals surface area (Å²) in [6.07, 6.45) is -0.328. The quantitative estimate of drug-likeness (QED) is 0.671. The molecule has 2 aliphatic heterocycles. The Bertz CT molecular complexity index is 1070. The van der Waals surface area contributed by atoms with Crippen LogP contribution in [0.15, 0.2) is 29.0 Å². The zero-order valence-corrected chi connectivity index (χ0v) is 18.9. The topological polar surface area (TPSA) is 119 Å². The van der Waals surface area contributed by atoms with E-state index >= 15 is 0 Å². The van der Waals surface area contributed by atoms with Gasteiger partial charge in [0.1, 0.15) is 24.1 Å². The van der Waals surface area contributed by atoms with Crippen molar-refractivity contribution in [2.45, 2.75) is 64.6 Å². The molecule has 4 rings (SSSR count). The Balaban J connectivity index is 1.83. The Morgan fingerprint density at radius 2 is 1.91 bits per heavy atom. The van der Waals surface area contributed by atoms with Gasteiger partial charge in [-0.25, -0.2) is 0 Å². The van der Waals surface area contributed by atoms with Crippen molar-refractivity contribution in [2.75, 3.05) is 13.2 Å². The van der Waals surface area contributed by atoms with E-state index in [9.17, 15) is 24.6 Å². The van der Waals surface area contributed by atoms with Gasteiger partial charge in [-0.2, -0.15) is 0 Å². The van der Waals surface area contributed by atoms with Crippen LogP contribution in [-0.2, 0) is 19.0 Å². The van der Waals surface area contributed by atoms with E-state index in [1.807, 2.05) is 19.9 Å². The highest BCUT2D eigenvalue weighted by Crippen LogP contribution is 2.40. The molecule has 1 saturated heterocycles. The summed E-state index contributed by atoms with van der Waals surface area (Å²) in [7, 11) is 0. The van der Waals surface area contributed by atoms with E-state index in [2.05, 4.69) is 0 Å². The molecule has 1 aliphatic carbocycles. The standard InChI is InChI=1S/C25H28O8/c1-4-5-20-15-9-17-16(8-14(15)7-13(3)32-20)23(29)18(6-12(2)27)22(24(17)30)25-31-11-19(28)21(10-26)33-25/h7-9,19-21,25-26,28H,4-6,10-11H2,1-3H3. The van der Waals surface area contributed by atoms with Crippen molar-refractivity contribution in [3.8, 4) is 0 Å². The number of carbonyl (C=O) groups is 3. The van der Waals surface area contributed by atoms with Crippen LogP contribution in [0.5, 0.6) is 0 Å². The molecule has 1 aromatic rings. The summed E-state index contributed by atoms with van der Waals surface area (Å²) in [5, 5.41) is 19.5. The monoisotopic (exact) mass is 456 g/mol. The van der Waals surface area contributed by atoms with E-state index < -0.39 is 36.7 Å². The number of hydrogen-bond donors (Lipinski definition) is 2. The molecule has 0 spiro atoms. The van der Waals surface area contributed by atoms with Crippen LogP contribution in [0.4, 0.5) is 0 Å². The molecule has 1 fully saturated rings. The molecule has 2 heterocycles. The summed E-state index contributed by atoms with van der Waals surface area (Å²) in [5.41, 5.74) is 2.05. The van der Waals surface area contributed by atoms with Crippen LogP contribution in [-0.4, -0.2) is 59.3 Å². The number of aliphatic hydroxyl groups is 2. The average molecular weight is 456 g/mol. The van der Waals surface area contributed by atoms with Gasteiger partial charge in [0, 0.05) is 28.7 Å². The molecule has 0 saturated carbocycles. The van der Waals surface area contributed by atoms with Crippen molar-refractivity contribution < 1.29 is 38.8 Å². The number of Topliss-reactive ketones (excluding diaryl/α,β-unsaturated/α-hetero) is 3. The smallest absolute Gasteiger partial charge is 0.195 e. The highest BCUT2D eigenvalue weighted by atomic mass is 16.7. The SMILES string of the molecule is CCCC1OC(C)=Cc2cc3c(cc21)C(=O)C(C1OCC(O)C(CO)O1)=C(CC(C)=O)C3=O. The molecule has 0 aromatic heterocycles. The summed E-state index contributed by atoms with van der Waals surface area (Å²) in [5.74, 6) is -0.454. The second-order valence-electron chi connectivity index (χ2n) is 8.70. The van der Waals surface area contributed by atoms with Crippen molar-refractivity contribution in [1.29, 1.82) is 0 Å². The van der Waals surface area contributed by atoms with Gasteiger partial charge in [0.25, 0.3) is 0 Å². The third-order valence-corrected chi connectivity index (χ3v) is 6.13. The van der Waals surface area contributed by atoms with Crippen LogP contribution in [0.1, 0.15) is 78.0 Å². The Labute approximate surface area is 191 Å². The van der Waals surface area contributed by atoms with Gasteiger partial charge in [0.05, 0.1) is 24.5 Å². The van der Waals surface area contributed by atoms with Crippen LogP contribution in [0.25, 0.3) is 6.08 Å². The lowest BCUT2D eigenvalue weighted by Gasteiger charge is -2.36. The second kappa shape index (κ2) is 9.30. The van der Waals surface area contributed by atoms with Crippen molar-refractivity contribution in [2.24, 2.45) is 0 Å². The molecule has 33 heavy (non-hydrogen) atoms. The summed E-state index contributed by atoms with van der Waals surface area (Å²) >= 11 is 0. The van der Waals surface area contributed by atoms with Crippen LogP contribution in [0, 0.1) is 0 Å². The summed E-state index contributed by atoms with van der Waals surface area (Å²) in [6, 6.07) is 3.39. The fourth-order valence-electron chi connectivity index (χ4n) is 4.57. The fraction of sp³-hybridized carbons (Fsp3) is 0.480. The summed E-state index contributed by atoms with van der Waals surface area (Å²) in [6.45, 7) is 4.57. The lowest BCUT2D eigenvalue weighted by atomic mass is 9.79. The number of allylic oxidation sites excluding steroid dienone is 2. The number of carbonyl (C=O) groups excluding carboxylic acids is 3. The fourth-order valence-corrected chi connectivity index (χ4v) is 4.57. The minimum Gasteiger partial charge on any atom is -0.490 e. The maximum Gasteiger partial charge on any atom is 0.195 e. The van der Waals surface area contributed by atoms with Crippen LogP contribution in [0.3, 0.4) is 0 Å². The lowest BCUT2D eigenvalue weighted by molar-refractivity contribution is -0.241. The minimum atomic E-state index is -1.27. The average Bonchev–Trinajstić information content (AvgIpc) is 2.77. The number of rotatable bonds is 6. The first kappa shape index (κ1) is 23.5. The first-order chi connectivity index (χ1) is 15.7. The molecule has 0 bridgehead atoms. The number of ether oxygens (including phenoxy) is 3. The van der Waals surface area contributed by atoms with E-state index in [1.165, 1.54) is 6.92 Å². The van der Waals surface area contributed by atoms with Gasteiger partial charge >= 0.3 is 0 Å². The Morgan fingerprint density at radius 3 is 2.58 bits per heavy atom. The first-order valence-electron chi connectivity index (χ1n) is 11.2. The maximum absolute atomic E-state index is 13.7. The molecule has 8 nitrogen and oxygen atoms in total. The summed E-state index contributed by atoms with van der Waals surface area (Å²) in [4.78, 5) is 39.2. The molecule has 3 aliphatic rings. The second-order valence-corrected chi connectivity index (χ2v) is 8.70. The molecule has 4 unspecified atom stereocenters. The van der Waals surface area contributed by atoms with Gasteiger partial charge in [-0.05, 0) is 44.0 Å². The highest BCUT2D eigenvalue weighted by Gasteiger charge is 2.42. The normalized spacial score (nSPS) is 27.0. The summed E-state index contributed by atoms with van der Waals surface area (Å²) < 4.78 is 17.1. The van der Waals surface area contributed by atoms with E-state index in [0.717, 1.165) is 29.7 Å². The van der Waals surface area contributed by atoms with Crippen molar-refractivity contribution in [3.63, 3.8) is 0 Å². The Kier molecular flexibility index (Phi) is 6.63. The third-order valence-electron chi connectivity index (χ3n) is 6.13. The van der Waals surface area contributed by atoms with Gasteiger partial charge in [0.15, 0.2) is 17.9 Å². The molecule has 2 N–H and O–H groups in total. The molecule has 4 atom stereocenters. The number of benzene rings is 1. The molecule has 8 heteroatoms. The highest BCUT2D eigenvalue weighted by molar-refractivity contribution is 6.28. The van der Waals surface area contributed by atoms with Crippen molar-refractivity contribution in [3.05, 3.63) is 51.3 Å². The van der Waals surface area contributed by atoms with E-state index in [0.29, 0.717) is 0 Å². The molecular weight excluding hydrogens is 428 g/mol. The van der Waals surface area contributed by atoms with E-state index in [-0.39, 0.29) is 47.2 Å². The first-order valence-corrected chi connectivity index (χ1v) is 11.2. The number of ketones is 3. The Morgan fingerprint density at radius 1 is 1.18 bits per heavy atom. The van der Waals surface area contributed by atoms with Gasteiger partial charge in [-0.1, -0.05) is 13.3 Å². The Hall–Kier alpha value is -2.65. The van der Waals surface area contributed by atoms with Gasteiger partial charge in [-0.3, -0.25) is 14.4 Å². The van der Waals surface area contributed by atoms with E-state index in [4.69, 9.17) is 14.2 Å². The van der Waals surface area contributed by atoms with Crippen LogP contribution >= 0.6 is 0 Å². The number of aliphatic hydroxyl groups excluding tert-OH is 2. The van der Waals surface area contributed by atoms with Gasteiger partial charge in [0.2, 0.25) is 0 Å². The number of hydrogen-bond acceptors (Lipinski definition) is 8. The van der Waals surface area contributed by atoms with Gasteiger partial charge in [-0.15, -0.1) is 0 Å². The van der Waals surface area contributed by atoms with E-state index in [1.54, 1.807) is 12.1 Å². The zero-order valence-electron chi connectivity index (χ0n) is 18.9. The predicted molar refractivity (Wildman–Crippen MR) is 118 cm³/mol. The maximum atomic E-state index is 13.7. The molecular formula is C25H28O8. The van der Waals surface area contributed by atoms with Crippen molar-refractivity contribution >= 4 is 23.4 Å². The molecule has 0 radical (unpaired) electrons. The molecule has 176 valence electrons. The van der Waals surface area contributed by atoms with Crippen LogP contribution in [0.2, 0.25) is 0 Å². The van der Waals surface area contributed by atoms with Crippen molar-refractivity contribution in [1.82, 2.24) is 0 Å². The molecule has 1 aromatic carbocycles. The lowest BCUT2D eigenvalue weighted by Crippen LogP contribution is -2.48. The largest absolute Gasteiger partial charge is 0.490 e. The van der Waals surface area contributed by atoms with Gasteiger partial charge < -0.3 is 24.4 Å². The predicted octanol–water partition coefficient (Wildman–Crippen LogP) is 2.67.